The number of rotatable bonds is 5. The molecule has 0 radical (unpaired) electrons. The molecule has 0 amide bonds. The van der Waals surface area contributed by atoms with E-state index in [-0.39, 0.29) is 5.04 Å². The topological polar surface area (TPSA) is 42.4 Å². The average Bonchev–Trinajstić information content (AvgIpc) is 2.27. The van der Waals surface area contributed by atoms with Gasteiger partial charge in [0.2, 0.25) is 0 Å². The molecular weight excluding hydrogens is 278 g/mol. The minimum absolute atomic E-state index is 0.184. The van der Waals surface area contributed by atoms with E-state index in [4.69, 9.17) is 16.0 Å². The van der Waals surface area contributed by atoms with Gasteiger partial charge in [-0.25, -0.2) is 4.98 Å². The van der Waals surface area contributed by atoms with Crippen LogP contribution in [0.4, 0.5) is 0 Å². The van der Waals surface area contributed by atoms with Crippen LogP contribution in [0.2, 0.25) is 23.3 Å². The van der Waals surface area contributed by atoms with E-state index in [0.29, 0.717) is 23.7 Å². The first-order valence-corrected chi connectivity index (χ1v) is 9.86. The van der Waals surface area contributed by atoms with E-state index in [9.17, 15) is 5.11 Å². The Balaban J connectivity index is 2.53. The van der Waals surface area contributed by atoms with Crippen LogP contribution < -0.4 is 0 Å². The zero-order valence-corrected chi connectivity index (χ0v) is 14.2. The van der Waals surface area contributed by atoms with Crippen LogP contribution in [0, 0.1) is 0 Å². The fourth-order valence-corrected chi connectivity index (χ4v) is 2.75. The van der Waals surface area contributed by atoms with Gasteiger partial charge in [0.15, 0.2) is 8.32 Å². The molecular formula is C14H24ClNO2Si. The minimum Gasteiger partial charge on any atom is -0.417 e. The Morgan fingerprint density at radius 3 is 2.58 bits per heavy atom. The van der Waals surface area contributed by atoms with E-state index in [1.807, 2.05) is 0 Å². The summed E-state index contributed by atoms with van der Waals surface area (Å²) in [6, 6.07) is 3.57. The van der Waals surface area contributed by atoms with Gasteiger partial charge in [-0.05, 0) is 30.6 Å². The molecule has 0 fully saturated rings. The third kappa shape index (κ3) is 4.56. The Kier molecular flexibility index (Phi) is 5.56. The highest BCUT2D eigenvalue weighted by Gasteiger charge is 2.37. The first kappa shape index (κ1) is 16.6. The van der Waals surface area contributed by atoms with Gasteiger partial charge in [-0.2, -0.15) is 0 Å². The van der Waals surface area contributed by atoms with Gasteiger partial charge >= 0.3 is 0 Å². The molecule has 19 heavy (non-hydrogen) atoms. The van der Waals surface area contributed by atoms with Crippen molar-refractivity contribution in [3.8, 4) is 0 Å². The van der Waals surface area contributed by atoms with Crippen molar-refractivity contribution in [3.63, 3.8) is 0 Å². The lowest BCUT2D eigenvalue weighted by Crippen LogP contribution is -2.41. The molecule has 5 heteroatoms. The van der Waals surface area contributed by atoms with E-state index in [0.717, 1.165) is 0 Å². The molecule has 0 aliphatic rings. The third-order valence-corrected chi connectivity index (χ3v) is 8.66. The lowest BCUT2D eigenvalue weighted by molar-refractivity contribution is 0.136. The van der Waals surface area contributed by atoms with Gasteiger partial charge in [0.05, 0.1) is 6.10 Å². The van der Waals surface area contributed by atoms with Crippen molar-refractivity contribution < 1.29 is 9.53 Å². The Labute approximate surface area is 122 Å². The van der Waals surface area contributed by atoms with Crippen LogP contribution in [-0.2, 0) is 4.43 Å². The second-order valence-electron chi connectivity index (χ2n) is 6.30. The predicted octanol–water partition coefficient (Wildman–Crippen LogP) is 4.18. The van der Waals surface area contributed by atoms with Crippen molar-refractivity contribution in [2.75, 3.05) is 6.61 Å². The van der Waals surface area contributed by atoms with Crippen molar-refractivity contribution >= 4 is 19.9 Å². The van der Waals surface area contributed by atoms with Crippen LogP contribution in [0.1, 0.15) is 38.9 Å². The zero-order chi connectivity index (χ0) is 14.7. The van der Waals surface area contributed by atoms with Crippen LogP contribution in [0.25, 0.3) is 0 Å². The summed E-state index contributed by atoms with van der Waals surface area (Å²) in [5.74, 6) is 0. The maximum Gasteiger partial charge on any atom is 0.191 e. The van der Waals surface area contributed by atoms with Gasteiger partial charge in [-0.1, -0.05) is 38.4 Å². The molecule has 3 nitrogen and oxygen atoms in total. The molecule has 1 atom stereocenters. The van der Waals surface area contributed by atoms with E-state index >= 15 is 0 Å². The number of hydrogen-bond donors (Lipinski definition) is 1. The molecule has 0 spiro atoms. The second-order valence-corrected chi connectivity index (χ2v) is 11.5. The maximum atomic E-state index is 10.1. The van der Waals surface area contributed by atoms with Crippen LogP contribution in [-0.4, -0.2) is 25.0 Å². The standard InChI is InChI=1S/C14H24ClNO2Si/c1-14(2,3)19(4,5)18-10-8-12(17)11-7-6-9-16-13(11)15/h6-7,9,12,17H,8,10H2,1-5H3. The molecule has 0 saturated carbocycles. The van der Waals surface area contributed by atoms with Crippen LogP contribution in [0.5, 0.6) is 0 Å². The number of aliphatic hydroxyl groups excluding tert-OH is 1. The van der Waals surface area contributed by atoms with Crippen molar-refractivity contribution in [3.05, 3.63) is 29.0 Å². The summed E-state index contributed by atoms with van der Waals surface area (Å²) in [7, 11) is -1.75. The molecule has 0 aliphatic heterocycles. The number of hydrogen-bond acceptors (Lipinski definition) is 3. The van der Waals surface area contributed by atoms with Crippen molar-refractivity contribution in [2.24, 2.45) is 0 Å². The summed E-state index contributed by atoms with van der Waals surface area (Å²) in [6.07, 6.45) is 1.54. The van der Waals surface area contributed by atoms with E-state index < -0.39 is 14.4 Å². The molecule has 0 aliphatic carbocycles. The number of aromatic nitrogens is 1. The largest absolute Gasteiger partial charge is 0.417 e. The third-order valence-electron chi connectivity index (χ3n) is 3.81. The summed E-state index contributed by atoms with van der Waals surface area (Å²) in [5, 5.41) is 10.7. The van der Waals surface area contributed by atoms with Gasteiger partial charge in [0.25, 0.3) is 0 Å². The highest BCUT2D eigenvalue weighted by molar-refractivity contribution is 6.74. The van der Waals surface area contributed by atoms with Gasteiger partial charge in [0, 0.05) is 18.4 Å². The Morgan fingerprint density at radius 2 is 2.05 bits per heavy atom. The number of aliphatic hydroxyl groups is 1. The fourth-order valence-electron chi connectivity index (χ4n) is 1.44. The normalized spacial score (nSPS) is 14.5. The molecule has 0 saturated heterocycles. The number of pyridine rings is 1. The maximum absolute atomic E-state index is 10.1. The Morgan fingerprint density at radius 1 is 1.42 bits per heavy atom. The summed E-state index contributed by atoms with van der Waals surface area (Å²) in [4.78, 5) is 3.97. The quantitative estimate of drug-likeness (QED) is 0.655. The molecule has 108 valence electrons. The second kappa shape index (κ2) is 6.35. The summed E-state index contributed by atoms with van der Waals surface area (Å²) in [5.41, 5.74) is 0.669. The smallest absolute Gasteiger partial charge is 0.191 e. The summed E-state index contributed by atoms with van der Waals surface area (Å²) in [6.45, 7) is 11.6. The zero-order valence-electron chi connectivity index (χ0n) is 12.4. The monoisotopic (exact) mass is 301 g/mol. The molecule has 1 heterocycles. The summed E-state index contributed by atoms with van der Waals surface area (Å²) >= 11 is 5.96. The lowest BCUT2D eigenvalue weighted by Gasteiger charge is -2.36. The van der Waals surface area contributed by atoms with Crippen LogP contribution >= 0.6 is 11.6 Å². The van der Waals surface area contributed by atoms with E-state index in [1.54, 1.807) is 18.3 Å². The molecule has 1 rings (SSSR count). The van der Waals surface area contributed by atoms with Gasteiger partial charge < -0.3 is 9.53 Å². The predicted molar refractivity (Wildman–Crippen MR) is 82.0 cm³/mol. The van der Waals surface area contributed by atoms with Crippen molar-refractivity contribution in [1.82, 2.24) is 4.98 Å². The fraction of sp³-hybridized carbons (Fsp3) is 0.643. The first-order valence-electron chi connectivity index (χ1n) is 6.57. The van der Waals surface area contributed by atoms with Gasteiger partial charge in [-0.3, -0.25) is 0 Å². The van der Waals surface area contributed by atoms with Crippen molar-refractivity contribution in [1.29, 1.82) is 0 Å². The van der Waals surface area contributed by atoms with Gasteiger partial charge in [0.1, 0.15) is 5.15 Å². The van der Waals surface area contributed by atoms with E-state index in [1.165, 1.54) is 0 Å². The van der Waals surface area contributed by atoms with Crippen LogP contribution in [0.15, 0.2) is 18.3 Å². The Bertz CT molecular complexity index is 418. The van der Waals surface area contributed by atoms with E-state index in [2.05, 4.69) is 38.8 Å². The molecule has 1 unspecified atom stereocenters. The molecule has 0 bridgehead atoms. The lowest BCUT2D eigenvalue weighted by atomic mass is 10.1. The average molecular weight is 302 g/mol. The SMILES string of the molecule is CC(C)(C)[Si](C)(C)OCCC(O)c1cccnc1Cl. The molecule has 1 N–H and O–H groups in total. The first-order chi connectivity index (χ1) is 8.65. The number of nitrogens with zero attached hydrogens (tertiary/aromatic N) is 1. The minimum atomic E-state index is -1.75. The summed E-state index contributed by atoms with van der Waals surface area (Å²) < 4.78 is 6.04. The highest BCUT2D eigenvalue weighted by Crippen LogP contribution is 2.37. The van der Waals surface area contributed by atoms with Crippen molar-refractivity contribution in [2.45, 2.75) is 51.4 Å². The number of halogens is 1. The van der Waals surface area contributed by atoms with Gasteiger partial charge in [-0.15, -0.1) is 0 Å². The molecule has 1 aromatic rings. The molecule has 1 aromatic heterocycles. The highest BCUT2D eigenvalue weighted by atomic mass is 35.5. The Hall–Kier alpha value is -0.423. The molecule has 0 aromatic carbocycles. The van der Waals surface area contributed by atoms with Crippen LogP contribution in [0.3, 0.4) is 0 Å².